The van der Waals surface area contributed by atoms with Crippen LogP contribution in [0.1, 0.15) is 17.0 Å². The van der Waals surface area contributed by atoms with Gasteiger partial charge in [0.05, 0.1) is 4.90 Å². The zero-order valence-corrected chi connectivity index (χ0v) is 14.7. The standard InChI is InChI=1S/C18H17NO6S/c1-10-2-5-12(6-3-10)26(22,23)16-15(18(16,19)17(20)21)11-4-7-13-14(8-11)25-9-24-13/h2-8,15-16H,9,19H2,1H3,(H,20,21)/t15-,16+,18+/m0/s1. The Balaban J connectivity index is 1.77. The molecule has 0 spiro atoms. The molecule has 1 saturated carbocycles. The Morgan fingerprint density at radius 2 is 1.81 bits per heavy atom. The van der Waals surface area contributed by atoms with Crippen LogP contribution in [0, 0.1) is 6.92 Å². The van der Waals surface area contributed by atoms with Crippen LogP contribution in [0.25, 0.3) is 0 Å². The van der Waals surface area contributed by atoms with E-state index in [0.29, 0.717) is 17.1 Å². The maximum atomic E-state index is 13.0. The Bertz CT molecular complexity index is 1000. The second kappa shape index (κ2) is 5.46. The summed E-state index contributed by atoms with van der Waals surface area (Å²) in [6.07, 6.45) is 0. The van der Waals surface area contributed by atoms with E-state index in [1.54, 1.807) is 30.3 Å². The molecule has 136 valence electrons. The van der Waals surface area contributed by atoms with Gasteiger partial charge in [-0.15, -0.1) is 0 Å². The molecule has 3 atom stereocenters. The summed E-state index contributed by atoms with van der Waals surface area (Å²) in [6, 6.07) is 11.2. The molecule has 4 rings (SSSR count). The topological polar surface area (TPSA) is 116 Å². The van der Waals surface area contributed by atoms with Gasteiger partial charge in [-0.25, -0.2) is 8.42 Å². The largest absolute Gasteiger partial charge is 0.480 e. The summed E-state index contributed by atoms with van der Waals surface area (Å²) in [4.78, 5) is 11.9. The molecular formula is C18H17NO6S. The van der Waals surface area contributed by atoms with Crippen molar-refractivity contribution in [3.05, 3.63) is 53.6 Å². The van der Waals surface area contributed by atoms with Crippen molar-refractivity contribution < 1.29 is 27.8 Å². The lowest BCUT2D eigenvalue weighted by Gasteiger charge is -2.07. The van der Waals surface area contributed by atoms with E-state index in [0.717, 1.165) is 5.56 Å². The first-order valence-electron chi connectivity index (χ1n) is 7.98. The highest BCUT2D eigenvalue weighted by Gasteiger charge is 2.74. The molecule has 2 aliphatic rings. The van der Waals surface area contributed by atoms with Crippen molar-refractivity contribution in [2.75, 3.05) is 6.79 Å². The van der Waals surface area contributed by atoms with Crippen LogP contribution < -0.4 is 15.2 Å². The summed E-state index contributed by atoms with van der Waals surface area (Å²) in [5.74, 6) is -1.24. The third-order valence-corrected chi connectivity index (χ3v) is 7.25. The van der Waals surface area contributed by atoms with Crippen molar-refractivity contribution in [2.45, 2.75) is 28.5 Å². The first-order chi connectivity index (χ1) is 12.3. The Morgan fingerprint density at radius 1 is 1.15 bits per heavy atom. The third kappa shape index (κ3) is 2.29. The minimum Gasteiger partial charge on any atom is -0.480 e. The van der Waals surface area contributed by atoms with Crippen LogP contribution in [0.3, 0.4) is 0 Å². The third-order valence-electron chi connectivity index (χ3n) is 4.99. The molecule has 26 heavy (non-hydrogen) atoms. The van der Waals surface area contributed by atoms with Gasteiger partial charge in [-0.1, -0.05) is 23.8 Å². The van der Waals surface area contributed by atoms with Gasteiger partial charge in [0.25, 0.3) is 0 Å². The Hall–Kier alpha value is -2.58. The zero-order valence-electron chi connectivity index (χ0n) is 13.9. The van der Waals surface area contributed by atoms with E-state index in [4.69, 9.17) is 15.2 Å². The smallest absolute Gasteiger partial charge is 0.325 e. The van der Waals surface area contributed by atoms with Gasteiger partial charge in [0.2, 0.25) is 6.79 Å². The minimum absolute atomic E-state index is 0.0624. The summed E-state index contributed by atoms with van der Waals surface area (Å²) in [5.41, 5.74) is 5.57. The SMILES string of the molecule is Cc1ccc(S(=O)(=O)[C@@H]2[C@H](c3ccc4c(c3)OCO4)[C@]2(N)C(=O)O)cc1. The predicted molar refractivity (Wildman–Crippen MR) is 92.0 cm³/mol. The number of sulfone groups is 1. The molecule has 3 N–H and O–H groups in total. The van der Waals surface area contributed by atoms with Crippen LogP contribution in [0.5, 0.6) is 11.5 Å². The molecule has 0 saturated heterocycles. The molecule has 0 bridgehead atoms. The van der Waals surface area contributed by atoms with E-state index in [9.17, 15) is 18.3 Å². The Labute approximate surface area is 150 Å². The Kier molecular flexibility index (Phi) is 3.54. The van der Waals surface area contributed by atoms with Crippen molar-refractivity contribution in [1.29, 1.82) is 0 Å². The predicted octanol–water partition coefficient (Wildman–Crippen LogP) is 1.45. The van der Waals surface area contributed by atoms with Crippen molar-refractivity contribution in [1.82, 2.24) is 0 Å². The number of hydrogen-bond donors (Lipinski definition) is 2. The van der Waals surface area contributed by atoms with Crippen LogP contribution in [-0.2, 0) is 14.6 Å². The number of benzene rings is 2. The quantitative estimate of drug-likeness (QED) is 0.831. The van der Waals surface area contributed by atoms with Gasteiger partial charge < -0.3 is 20.3 Å². The number of hydrogen-bond acceptors (Lipinski definition) is 6. The van der Waals surface area contributed by atoms with Gasteiger partial charge in [-0.2, -0.15) is 0 Å². The Morgan fingerprint density at radius 3 is 2.46 bits per heavy atom. The molecule has 2 aromatic rings. The minimum atomic E-state index is -3.92. The summed E-state index contributed by atoms with van der Waals surface area (Å²) in [5, 5.41) is 8.36. The molecule has 1 aliphatic carbocycles. The lowest BCUT2D eigenvalue weighted by Crippen LogP contribution is -2.39. The lowest BCUT2D eigenvalue weighted by atomic mass is 10.1. The van der Waals surface area contributed by atoms with Crippen LogP contribution in [0.2, 0.25) is 0 Å². The molecule has 8 heteroatoms. The highest BCUT2D eigenvalue weighted by molar-refractivity contribution is 7.92. The van der Waals surface area contributed by atoms with Gasteiger partial charge in [-0.3, -0.25) is 4.79 Å². The number of nitrogens with two attached hydrogens (primary N) is 1. The van der Waals surface area contributed by atoms with Crippen molar-refractivity contribution in [3.8, 4) is 11.5 Å². The molecule has 0 aromatic heterocycles. The van der Waals surface area contributed by atoms with Crippen molar-refractivity contribution >= 4 is 15.8 Å². The monoisotopic (exact) mass is 375 g/mol. The molecule has 1 fully saturated rings. The fourth-order valence-corrected chi connectivity index (χ4v) is 5.73. The van der Waals surface area contributed by atoms with Gasteiger partial charge in [0.1, 0.15) is 10.8 Å². The molecule has 0 amide bonds. The second-order valence-electron chi connectivity index (χ2n) is 6.61. The maximum absolute atomic E-state index is 13.0. The molecule has 0 radical (unpaired) electrons. The number of carboxylic acid groups (broad SMARTS) is 1. The molecular weight excluding hydrogens is 358 g/mol. The summed E-state index contributed by atoms with van der Waals surface area (Å²) >= 11 is 0. The number of carboxylic acids is 1. The van der Waals surface area contributed by atoms with Gasteiger partial charge in [0.15, 0.2) is 21.3 Å². The first kappa shape index (κ1) is 16.9. The fourth-order valence-electron chi connectivity index (χ4n) is 3.50. The summed E-state index contributed by atoms with van der Waals surface area (Å²) < 4.78 is 36.6. The maximum Gasteiger partial charge on any atom is 0.325 e. The number of aryl methyl sites for hydroxylation is 1. The van der Waals surface area contributed by atoms with E-state index in [1.165, 1.54) is 12.1 Å². The lowest BCUT2D eigenvalue weighted by molar-refractivity contribution is -0.139. The molecule has 1 aliphatic heterocycles. The van der Waals surface area contributed by atoms with E-state index in [2.05, 4.69) is 0 Å². The van der Waals surface area contributed by atoms with E-state index in [-0.39, 0.29) is 11.7 Å². The summed E-state index contributed by atoms with van der Waals surface area (Å²) in [7, 11) is -3.92. The molecule has 7 nitrogen and oxygen atoms in total. The van der Waals surface area contributed by atoms with Crippen LogP contribution in [0.15, 0.2) is 47.4 Å². The highest BCUT2D eigenvalue weighted by atomic mass is 32.2. The number of carbonyl (C=O) groups is 1. The summed E-state index contributed by atoms with van der Waals surface area (Å²) in [6.45, 7) is 1.91. The molecule has 2 aromatic carbocycles. The zero-order chi connectivity index (χ0) is 18.7. The normalized spacial score (nSPS) is 26.5. The fraction of sp³-hybridized carbons (Fsp3) is 0.278. The van der Waals surface area contributed by atoms with Gasteiger partial charge in [-0.05, 0) is 36.8 Å². The van der Waals surface area contributed by atoms with E-state index < -0.39 is 32.5 Å². The van der Waals surface area contributed by atoms with Gasteiger partial charge >= 0.3 is 5.97 Å². The number of rotatable bonds is 4. The highest BCUT2D eigenvalue weighted by Crippen LogP contribution is 2.56. The number of aliphatic carboxylic acids is 1. The van der Waals surface area contributed by atoms with Crippen LogP contribution in [-0.4, -0.2) is 37.1 Å². The first-order valence-corrected chi connectivity index (χ1v) is 9.53. The van der Waals surface area contributed by atoms with E-state index >= 15 is 0 Å². The molecule has 0 unspecified atom stereocenters. The average molecular weight is 375 g/mol. The van der Waals surface area contributed by atoms with Crippen molar-refractivity contribution in [3.63, 3.8) is 0 Å². The van der Waals surface area contributed by atoms with Crippen LogP contribution >= 0.6 is 0 Å². The number of ether oxygens (including phenoxy) is 2. The number of fused-ring (bicyclic) bond motifs is 1. The van der Waals surface area contributed by atoms with Gasteiger partial charge in [0, 0.05) is 5.92 Å². The van der Waals surface area contributed by atoms with Crippen LogP contribution in [0.4, 0.5) is 0 Å². The van der Waals surface area contributed by atoms with E-state index in [1.807, 2.05) is 6.92 Å². The van der Waals surface area contributed by atoms with Crippen molar-refractivity contribution in [2.24, 2.45) is 5.73 Å². The average Bonchev–Trinajstić information content (AvgIpc) is 3.01. The molecule has 1 heterocycles. The second-order valence-corrected chi connectivity index (χ2v) is 8.68.